The van der Waals surface area contributed by atoms with Crippen molar-refractivity contribution in [3.8, 4) is 5.75 Å². The molecule has 0 spiro atoms. The van der Waals surface area contributed by atoms with Crippen LogP contribution in [0.4, 0.5) is 0 Å². The average molecular weight is 350 g/mol. The smallest absolute Gasteiger partial charge is 0.189 e. The molecule has 1 fully saturated rings. The zero-order valence-corrected chi connectivity index (χ0v) is 15.4. The first kappa shape index (κ1) is 18.4. The van der Waals surface area contributed by atoms with Crippen molar-refractivity contribution in [1.82, 2.24) is 9.80 Å². The van der Waals surface area contributed by atoms with Crippen LogP contribution >= 0.6 is 0 Å². The van der Waals surface area contributed by atoms with Gasteiger partial charge in [-0.3, -0.25) is 9.69 Å². The number of hydrogen-bond donors (Lipinski definition) is 0. The van der Waals surface area contributed by atoms with Crippen LogP contribution in [0.15, 0.2) is 66.7 Å². The Morgan fingerprint density at radius 3 is 2.31 bits per heavy atom. The van der Waals surface area contributed by atoms with Crippen LogP contribution in [-0.2, 0) is 6.61 Å². The minimum atomic E-state index is 0.0125. The number of ketones is 1. The Morgan fingerprint density at radius 2 is 1.65 bits per heavy atom. The number of carbonyl (C=O) groups excluding carboxylic acids is 1. The molecule has 0 N–H and O–H groups in total. The summed E-state index contributed by atoms with van der Waals surface area (Å²) >= 11 is 0. The highest BCUT2D eigenvalue weighted by Gasteiger charge is 2.18. The Labute approximate surface area is 155 Å². The van der Waals surface area contributed by atoms with E-state index in [2.05, 4.69) is 23.4 Å². The highest BCUT2D eigenvalue weighted by atomic mass is 16.5. The summed E-state index contributed by atoms with van der Waals surface area (Å²) in [6, 6.07) is 17.4. The van der Waals surface area contributed by atoms with Crippen LogP contribution in [0.5, 0.6) is 5.75 Å². The van der Waals surface area contributed by atoms with Crippen molar-refractivity contribution >= 4 is 5.78 Å². The molecule has 0 amide bonds. The van der Waals surface area contributed by atoms with Crippen LogP contribution in [-0.4, -0.2) is 55.4 Å². The molecule has 0 unspecified atom stereocenters. The van der Waals surface area contributed by atoms with Gasteiger partial charge in [-0.05, 0) is 36.9 Å². The third-order valence-corrected chi connectivity index (χ3v) is 4.70. The zero-order valence-electron chi connectivity index (χ0n) is 15.4. The van der Waals surface area contributed by atoms with Gasteiger partial charge in [-0.1, -0.05) is 36.9 Å². The van der Waals surface area contributed by atoms with E-state index >= 15 is 0 Å². The van der Waals surface area contributed by atoms with Gasteiger partial charge in [0, 0.05) is 43.9 Å². The molecule has 1 aliphatic rings. The van der Waals surface area contributed by atoms with E-state index in [-0.39, 0.29) is 5.78 Å². The van der Waals surface area contributed by atoms with Gasteiger partial charge in [0.25, 0.3) is 0 Å². The Balaban J connectivity index is 1.52. The second-order valence-corrected chi connectivity index (χ2v) is 6.81. The van der Waals surface area contributed by atoms with E-state index in [0.29, 0.717) is 24.3 Å². The van der Waals surface area contributed by atoms with Gasteiger partial charge < -0.3 is 9.64 Å². The van der Waals surface area contributed by atoms with Crippen molar-refractivity contribution in [2.75, 3.05) is 39.8 Å². The van der Waals surface area contributed by atoms with Gasteiger partial charge in [-0.25, -0.2) is 0 Å². The Morgan fingerprint density at radius 1 is 1.00 bits per heavy atom. The summed E-state index contributed by atoms with van der Waals surface area (Å²) in [5.74, 6) is 0.772. The molecule has 1 heterocycles. The monoisotopic (exact) mass is 350 g/mol. The molecule has 4 nitrogen and oxygen atoms in total. The first-order valence-corrected chi connectivity index (χ1v) is 9.02. The number of ether oxygens (including phenoxy) is 1. The molecule has 2 aromatic rings. The standard InChI is InChI=1S/C22H26N2O2/c1-18(16-24-14-12-23(2)13-15-24)22(25)20-8-10-21(11-9-20)26-17-19-6-4-3-5-7-19/h3-11H,1,12-17H2,2H3. The minimum Gasteiger partial charge on any atom is -0.489 e. The molecule has 136 valence electrons. The summed E-state index contributed by atoms with van der Waals surface area (Å²) in [6.07, 6.45) is 0. The fourth-order valence-corrected chi connectivity index (χ4v) is 3.00. The summed E-state index contributed by atoms with van der Waals surface area (Å²) < 4.78 is 5.77. The summed E-state index contributed by atoms with van der Waals surface area (Å²) in [5, 5.41) is 0. The molecular weight excluding hydrogens is 324 g/mol. The maximum atomic E-state index is 12.6. The number of nitrogens with zero attached hydrogens (tertiary/aromatic N) is 2. The fraction of sp³-hybridized carbons (Fsp3) is 0.318. The first-order valence-electron chi connectivity index (χ1n) is 9.02. The number of benzene rings is 2. The van der Waals surface area contributed by atoms with E-state index in [1.165, 1.54) is 0 Å². The van der Waals surface area contributed by atoms with Crippen LogP contribution in [0, 0.1) is 0 Å². The molecule has 0 aliphatic carbocycles. The van der Waals surface area contributed by atoms with Crippen molar-refractivity contribution in [3.63, 3.8) is 0 Å². The largest absolute Gasteiger partial charge is 0.489 e. The van der Waals surface area contributed by atoms with Crippen molar-refractivity contribution in [1.29, 1.82) is 0 Å². The molecule has 0 aromatic heterocycles. The summed E-state index contributed by atoms with van der Waals surface area (Å²) in [4.78, 5) is 17.2. The predicted octanol–water partition coefficient (Wildman–Crippen LogP) is 3.25. The summed E-state index contributed by atoms with van der Waals surface area (Å²) in [5.41, 5.74) is 2.43. The van der Waals surface area contributed by atoms with Gasteiger partial charge in [0.2, 0.25) is 0 Å². The molecule has 1 aliphatic heterocycles. The van der Waals surface area contributed by atoms with E-state index in [1.807, 2.05) is 54.6 Å². The van der Waals surface area contributed by atoms with Gasteiger partial charge in [0.15, 0.2) is 5.78 Å². The number of carbonyl (C=O) groups is 1. The van der Waals surface area contributed by atoms with Gasteiger partial charge in [0.05, 0.1) is 0 Å². The molecule has 2 aromatic carbocycles. The third-order valence-electron chi connectivity index (χ3n) is 4.70. The predicted molar refractivity (Wildman–Crippen MR) is 105 cm³/mol. The molecule has 0 saturated carbocycles. The zero-order chi connectivity index (χ0) is 18.4. The molecule has 0 radical (unpaired) electrons. The van der Waals surface area contributed by atoms with E-state index < -0.39 is 0 Å². The Hall–Kier alpha value is -2.43. The quantitative estimate of drug-likeness (QED) is 0.567. The number of Topliss-reactive ketones (excluding diaryl/α,β-unsaturated/α-hetero) is 1. The van der Waals surface area contributed by atoms with Crippen LogP contribution in [0.3, 0.4) is 0 Å². The molecule has 3 rings (SSSR count). The van der Waals surface area contributed by atoms with Crippen molar-refractivity contribution in [2.24, 2.45) is 0 Å². The van der Waals surface area contributed by atoms with Gasteiger partial charge >= 0.3 is 0 Å². The molecule has 1 saturated heterocycles. The molecular formula is C22H26N2O2. The molecule has 0 atom stereocenters. The van der Waals surface area contributed by atoms with E-state index in [9.17, 15) is 4.79 Å². The molecule has 26 heavy (non-hydrogen) atoms. The maximum Gasteiger partial charge on any atom is 0.189 e. The maximum absolute atomic E-state index is 12.6. The Bertz CT molecular complexity index is 732. The lowest BCUT2D eigenvalue weighted by Crippen LogP contribution is -2.45. The van der Waals surface area contributed by atoms with Crippen molar-refractivity contribution < 1.29 is 9.53 Å². The van der Waals surface area contributed by atoms with Crippen molar-refractivity contribution in [3.05, 3.63) is 77.9 Å². The second kappa shape index (κ2) is 8.79. The lowest BCUT2D eigenvalue weighted by Gasteiger charge is -2.32. The van der Waals surface area contributed by atoms with Crippen molar-refractivity contribution in [2.45, 2.75) is 6.61 Å². The van der Waals surface area contributed by atoms with Crippen LogP contribution in [0.25, 0.3) is 0 Å². The lowest BCUT2D eigenvalue weighted by molar-refractivity contribution is 0.101. The minimum absolute atomic E-state index is 0.0125. The summed E-state index contributed by atoms with van der Waals surface area (Å²) in [6.45, 7) is 9.20. The highest BCUT2D eigenvalue weighted by molar-refractivity contribution is 6.08. The molecule has 4 heteroatoms. The van der Waals surface area contributed by atoms with Crippen LogP contribution in [0.1, 0.15) is 15.9 Å². The van der Waals surface area contributed by atoms with Crippen LogP contribution < -0.4 is 4.74 Å². The SMILES string of the molecule is C=C(CN1CCN(C)CC1)C(=O)c1ccc(OCc2ccccc2)cc1. The number of likely N-dealkylation sites (N-methyl/N-ethyl adjacent to an activating group) is 1. The lowest BCUT2D eigenvalue weighted by atomic mass is 10.0. The molecule has 0 bridgehead atoms. The van der Waals surface area contributed by atoms with Gasteiger partial charge in [-0.2, -0.15) is 0 Å². The first-order chi connectivity index (χ1) is 12.6. The number of piperazine rings is 1. The van der Waals surface area contributed by atoms with Gasteiger partial charge in [0.1, 0.15) is 12.4 Å². The van der Waals surface area contributed by atoms with Gasteiger partial charge in [-0.15, -0.1) is 0 Å². The fourth-order valence-electron chi connectivity index (χ4n) is 3.00. The summed E-state index contributed by atoms with van der Waals surface area (Å²) in [7, 11) is 2.12. The highest BCUT2D eigenvalue weighted by Crippen LogP contribution is 2.17. The van der Waals surface area contributed by atoms with E-state index in [1.54, 1.807) is 0 Å². The Kier molecular flexibility index (Phi) is 6.21. The average Bonchev–Trinajstić information content (AvgIpc) is 2.69. The third kappa shape index (κ3) is 5.04. The number of hydrogen-bond acceptors (Lipinski definition) is 4. The van der Waals surface area contributed by atoms with Crippen LogP contribution in [0.2, 0.25) is 0 Å². The normalized spacial score (nSPS) is 15.6. The van der Waals surface area contributed by atoms with E-state index in [4.69, 9.17) is 4.74 Å². The topological polar surface area (TPSA) is 32.8 Å². The second-order valence-electron chi connectivity index (χ2n) is 6.81. The number of rotatable bonds is 7. The van der Waals surface area contributed by atoms with E-state index in [0.717, 1.165) is 37.5 Å².